The van der Waals surface area contributed by atoms with Gasteiger partial charge in [0.15, 0.2) is 0 Å². The van der Waals surface area contributed by atoms with Crippen molar-refractivity contribution in [2.24, 2.45) is 5.73 Å². The van der Waals surface area contributed by atoms with Gasteiger partial charge in [-0.1, -0.05) is 74.5 Å². The van der Waals surface area contributed by atoms with E-state index in [2.05, 4.69) is 84.7 Å². The molecule has 5 aromatic rings. The summed E-state index contributed by atoms with van der Waals surface area (Å²) in [7, 11) is 0. The Bertz CT molecular complexity index is 1570. The number of nitrogens with one attached hydrogen (secondary N) is 1. The topological polar surface area (TPSA) is 89.6 Å². The number of carbonyl (C=O) groups excluding carboxylic acids is 1. The molecule has 0 bridgehead atoms. The first-order valence-electron chi connectivity index (χ1n) is 13.2. The number of amides is 1. The number of imidazole rings is 1. The van der Waals surface area contributed by atoms with E-state index in [1.165, 1.54) is 5.56 Å². The molecule has 38 heavy (non-hydrogen) atoms. The summed E-state index contributed by atoms with van der Waals surface area (Å²) in [5.74, 6) is 0.491. The van der Waals surface area contributed by atoms with Crippen LogP contribution < -0.4 is 5.73 Å². The van der Waals surface area contributed by atoms with Crippen molar-refractivity contribution in [1.82, 2.24) is 19.7 Å². The van der Waals surface area contributed by atoms with Crippen molar-refractivity contribution in [3.8, 4) is 33.4 Å². The van der Waals surface area contributed by atoms with E-state index in [-0.39, 0.29) is 0 Å². The van der Waals surface area contributed by atoms with Gasteiger partial charge < -0.3 is 10.3 Å². The predicted molar refractivity (Wildman–Crippen MR) is 153 cm³/mol. The van der Waals surface area contributed by atoms with Gasteiger partial charge in [-0.25, -0.2) is 4.98 Å². The second kappa shape index (κ2) is 10.9. The minimum atomic E-state index is -0.424. The monoisotopic (exact) mass is 503 g/mol. The zero-order valence-corrected chi connectivity index (χ0v) is 22.2. The number of hydrogen-bond acceptors (Lipinski definition) is 3. The number of nitrogens with two attached hydrogens (primary N) is 1. The van der Waals surface area contributed by atoms with Crippen LogP contribution in [0.5, 0.6) is 0 Å². The summed E-state index contributed by atoms with van der Waals surface area (Å²) in [6.07, 6.45) is 6.21. The van der Waals surface area contributed by atoms with Crippen LogP contribution in [0, 0.1) is 6.92 Å². The summed E-state index contributed by atoms with van der Waals surface area (Å²) >= 11 is 0. The number of H-pyrrole nitrogens is 1. The summed E-state index contributed by atoms with van der Waals surface area (Å²) in [5.41, 5.74) is 16.2. The van der Waals surface area contributed by atoms with Gasteiger partial charge in [0.25, 0.3) is 5.91 Å². The second-order valence-electron chi connectivity index (χ2n) is 9.64. The molecule has 6 nitrogen and oxygen atoms in total. The number of rotatable bonds is 9. The fourth-order valence-corrected chi connectivity index (χ4v) is 5.20. The standard InChI is InChI=1S/C32H33N5O/c1-4-9-30-36-29(5-2)31(32(33)38)37(30)20-22-12-14-26(21(3)16-22)28-17-24(23-10-7-6-8-11-23)13-15-27(28)25-18-34-35-19-25/h6-8,10-19H,4-5,9,20H2,1-3H3,(H2,33,38)(H,34,35). The molecule has 2 aromatic heterocycles. The molecule has 0 saturated carbocycles. The van der Waals surface area contributed by atoms with Crippen molar-refractivity contribution in [1.29, 1.82) is 0 Å². The number of aryl methyl sites for hydroxylation is 3. The highest BCUT2D eigenvalue weighted by atomic mass is 16.1. The summed E-state index contributed by atoms with van der Waals surface area (Å²) in [5, 5.41) is 7.13. The minimum Gasteiger partial charge on any atom is -0.364 e. The van der Waals surface area contributed by atoms with Gasteiger partial charge in [-0.05, 0) is 64.8 Å². The van der Waals surface area contributed by atoms with Crippen LogP contribution in [0.25, 0.3) is 33.4 Å². The van der Waals surface area contributed by atoms with Crippen molar-refractivity contribution in [3.05, 3.63) is 107 Å². The van der Waals surface area contributed by atoms with Gasteiger partial charge in [0.05, 0.1) is 11.9 Å². The highest BCUT2D eigenvalue weighted by molar-refractivity contribution is 5.92. The van der Waals surface area contributed by atoms with Crippen molar-refractivity contribution in [3.63, 3.8) is 0 Å². The fraction of sp³-hybridized carbons (Fsp3) is 0.219. The smallest absolute Gasteiger partial charge is 0.267 e. The first kappa shape index (κ1) is 25.2. The molecule has 0 aliphatic rings. The number of carbonyl (C=O) groups is 1. The Morgan fingerprint density at radius 1 is 0.921 bits per heavy atom. The maximum Gasteiger partial charge on any atom is 0.267 e. The molecular formula is C32H33N5O. The van der Waals surface area contributed by atoms with E-state index in [1.807, 2.05) is 30.0 Å². The number of benzene rings is 3. The normalized spacial score (nSPS) is 11.1. The second-order valence-corrected chi connectivity index (χ2v) is 9.64. The summed E-state index contributed by atoms with van der Waals surface area (Å²) in [4.78, 5) is 17.1. The number of hydrogen-bond donors (Lipinski definition) is 2. The maximum absolute atomic E-state index is 12.4. The molecule has 0 aliphatic heterocycles. The van der Waals surface area contributed by atoms with Gasteiger partial charge in [0.1, 0.15) is 11.5 Å². The fourth-order valence-electron chi connectivity index (χ4n) is 5.20. The van der Waals surface area contributed by atoms with E-state index in [0.29, 0.717) is 18.7 Å². The molecule has 3 N–H and O–H groups in total. The highest BCUT2D eigenvalue weighted by Gasteiger charge is 2.20. The van der Waals surface area contributed by atoms with Crippen LogP contribution in [0.2, 0.25) is 0 Å². The molecule has 5 rings (SSSR count). The van der Waals surface area contributed by atoms with Gasteiger partial charge in [0.2, 0.25) is 0 Å². The quantitative estimate of drug-likeness (QED) is 0.238. The molecule has 0 atom stereocenters. The largest absolute Gasteiger partial charge is 0.364 e. The lowest BCUT2D eigenvalue weighted by atomic mass is 9.89. The number of aromatic nitrogens is 4. The Hall–Kier alpha value is -4.45. The van der Waals surface area contributed by atoms with Crippen LogP contribution in [0.4, 0.5) is 0 Å². The first-order chi connectivity index (χ1) is 18.5. The molecule has 2 heterocycles. The van der Waals surface area contributed by atoms with Crippen LogP contribution in [0.1, 0.15) is 53.4 Å². The van der Waals surface area contributed by atoms with Crippen molar-refractivity contribution in [2.45, 2.75) is 46.6 Å². The van der Waals surface area contributed by atoms with Crippen LogP contribution in [-0.4, -0.2) is 25.7 Å². The van der Waals surface area contributed by atoms with Gasteiger partial charge in [-0.15, -0.1) is 0 Å². The third kappa shape index (κ3) is 4.90. The third-order valence-electron chi connectivity index (χ3n) is 7.02. The lowest BCUT2D eigenvalue weighted by molar-refractivity contribution is 0.0990. The van der Waals surface area contributed by atoms with E-state index >= 15 is 0 Å². The summed E-state index contributed by atoms with van der Waals surface area (Å²) < 4.78 is 2.01. The minimum absolute atomic E-state index is 0.424. The third-order valence-corrected chi connectivity index (χ3v) is 7.02. The Morgan fingerprint density at radius 2 is 1.71 bits per heavy atom. The molecule has 0 aliphatic carbocycles. The molecule has 6 heteroatoms. The van der Waals surface area contributed by atoms with Crippen LogP contribution in [-0.2, 0) is 19.4 Å². The highest BCUT2D eigenvalue weighted by Crippen LogP contribution is 2.37. The number of nitrogens with zero attached hydrogens (tertiary/aromatic N) is 3. The Kier molecular flexibility index (Phi) is 7.22. The molecule has 0 fully saturated rings. The van der Waals surface area contributed by atoms with Crippen molar-refractivity contribution in [2.75, 3.05) is 0 Å². The molecule has 0 spiro atoms. The van der Waals surface area contributed by atoms with Gasteiger partial charge in [0, 0.05) is 24.7 Å². The van der Waals surface area contributed by atoms with E-state index in [4.69, 9.17) is 10.7 Å². The molecule has 0 saturated heterocycles. The van der Waals surface area contributed by atoms with Crippen LogP contribution in [0.3, 0.4) is 0 Å². The number of aromatic amines is 1. The average Bonchev–Trinajstić information content (AvgIpc) is 3.58. The molecule has 3 aromatic carbocycles. The zero-order chi connectivity index (χ0) is 26.6. The Morgan fingerprint density at radius 3 is 2.37 bits per heavy atom. The lowest BCUT2D eigenvalue weighted by Gasteiger charge is -2.16. The molecule has 0 unspecified atom stereocenters. The SMILES string of the molecule is CCCc1nc(CC)c(C(N)=O)n1Cc1ccc(-c2cc(-c3ccccc3)ccc2-c2cn[nH]c2)c(C)c1. The maximum atomic E-state index is 12.4. The zero-order valence-electron chi connectivity index (χ0n) is 22.2. The molecule has 0 radical (unpaired) electrons. The molecule has 192 valence electrons. The van der Waals surface area contributed by atoms with Crippen molar-refractivity contribution >= 4 is 5.91 Å². The van der Waals surface area contributed by atoms with Crippen molar-refractivity contribution < 1.29 is 4.79 Å². The van der Waals surface area contributed by atoms with E-state index < -0.39 is 5.91 Å². The average molecular weight is 504 g/mol. The van der Waals surface area contributed by atoms with Gasteiger partial charge in [-0.2, -0.15) is 5.10 Å². The molecular weight excluding hydrogens is 470 g/mol. The van der Waals surface area contributed by atoms with E-state index in [0.717, 1.165) is 63.3 Å². The van der Waals surface area contributed by atoms with E-state index in [1.54, 1.807) is 0 Å². The van der Waals surface area contributed by atoms with E-state index in [9.17, 15) is 4.79 Å². The first-order valence-corrected chi connectivity index (χ1v) is 13.2. The summed E-state index contributed by atoms with van der Waals surface area (Å²) in [6, 6.07) is 23.5. The predicted octanol–water partition coefficient (Wildman–Crippen LogP) is 6.58. The number of primary amides is 1. The Labute approximate surface area is 223 Å². The summed E-state index contributed by atoms with van der Waals surface area (Å²) in [6.45, 7) is 6.82. The Balaban J connectivity index is 1.58. The van der Waals surface area contributed by atoms with Crippen LogP contribution in [0.15, 0.2) is 79.1 Å². The molecule has 1 amide bonds. The van der Waals surface area contributed by atoms with Gasteiger partial charge in [-0.3, -0.25) is 9.89 Å². The van der Waals surface area contributed by atoms with Crippen LogP contribution >= 0.6 is 0 Å². The van der Waals surface area contributed by atoms with Gasteiger partial charge >= 0.3 is 0 Å². The lowest BCUT2D eigenvalue weighted by Crippen LogP contribution is -2.20.